The Bertz CT molecular complexity index is 148. The highest BCUT2D eigenvalue weighted by Gasteiger charge is 2.11. The Hall–Kier alpha value is -0.440. The van der Waals surface area contributed by atoms with Gasteiger partial charge in [-0.1, -0.05) is 6.08 Å². The highest BCUT2D eigenvalue weighted by molar-refractivity contribution is 8.00. The third-order valence-corrected chi connectivity index (χ3v) is 2.76. The average Bonchev–Trinajstić information content (AvgIpc) is 2.34. The Balaban J connectivity index is 2.29. The van der Waals surface area contributed by atoms with Crippen molar-refractivity contribution >= 4 is 17.7 Å². The fourth-order valence-electron chi connectivity index (χ4n) is 0.944. The molecule has 56 valence electrons. The molecule has 1 atom stereocenters. The van der Waals surface area contributed by atoms with Crippen LogP contribution >= 0.6 is 11.8 Å². The zero-order chi connectivity index (χ0) is 7.40. The molecule has 1 rings (SSSR count). The van der Waals surface area contributed by atoms with E-state index in [1.807, 2.05) is 11.8 Å². The number of carboxylic acid groups (broad SMARTS) is 1. The van der Waals surface area contributed by atoms with E-state index in [1.165, 1.54) is 18.2 Å². The molecule has 2 nitrogen and oxygen atoms in total. The molecule has 0 bridgehead atoms. The molecule has 0 aromatic rings. The molecule has 1 fully saturated rings. The van der Waals surface area contributed by atoms with Crippen LogP contribution in [0.25, 0.3) is 0 Å². The molecular weight excluding hydrogens is 148 g/mol. The van der Waals surface area contributed by atoms with Gasteiger partial charge in [0, 0.05) is 11.3 Å². The van der Waals surface area contributed by atoms with Crippen LogP contribution < -0.4 is 0 Å². The van der Waals surface area contributed by atoms with Gasteiger partial charge in [-0.15, -0.1) is 0 Å². The first-order chi connectivity index (χ1) is 4.79. The van der Waals surface area contributed by atoms with Gasteiger partial charge >= 0.3 is 5.97 Å². The predicted molar refractivity (Wildman–Crippen MR) is 42.3 cm³/mol. The van der Waals surface area contributed by atoms with Crippen LogP contribution in [0.3, 0.4) is 0 Å². The largest absolute Gasteiger partial charge is 0.478 e. The van der Waals surface area contributed by atoms with Crippen LogP contribution in [0.4, 0.5) is 0 Å². The van der Waals surface area contributed by atoms with Gasteiger partial charge in [0.25, 0.3) is 0 Å². The Morgan fingerprint density at radius 2 is 2.50 bits per heavy atom. The van der Waals surface area contributed by atoms with Crippen molar-refractivity contribution in [2.45, 2.75) is 18.1 Å². The van der Waals surface area contributed by atoms with Gasteiger partial charge in [-0.2, -0.15) is 11.8 Å². The van der Waals surface area contributed by atoms with Crippen LogP contribution in [-0.4, -0.2) is 22.1 Å². The molecule has 1 N–H and O–H groups in total. The second-order valence-electron chi connectivity index (χ2n) is 2.25. The summed E-state index contributed by atoms with van der Waals surface area (Å²) in [6.45, 7) is 0. The zero-order valence-corrected chi connectivity index (χ0v) is 6.43. The normalized spacial score (nSPS) is 25.8. The molecule has 1 heterocycles. The van der Waals surface area contributed by atoms with E-state index in [9.17, 15) is 4.79 Å². The SMILES string of the molecule is O=C(O)/C=C\C1CCCS1. The van der Waals surface area contributed by atoms with E-state index in [-0.39, 0.29) is 0 Å². The van der Waals surface area contributed by atoms with Crippen LogP contribution in [-0.2, 0) is 4.79 Å². The van der Waals surface area contributed by atoms with E-state index < -0.39 is 5.97 Å². The molecule has 0 aromatic carbocycles. The van der Waals surface area contributed by atoms with Crippen molar-refractivity contribution in [3.8, 4) is 0 Å². The van der Waals surface area contributed by atoms with Crippen molar-refractivity contribution in [3.63, 3.8) is 0 Å². The number of carboxylic acids is 1. The molecule has 1 unspecified atom stereocenters. The summed E-state index contributed by atoms with van der Waals surface area (Å²) in [4.78, 5) is 10.1. The van der Waals surface area contributed by atoms with Gasteiger partial charge in [0.2, 0.25) is 0 Å². The molecule has 0 radical (unpaired) electrons. The highest BCUT2D eigenvalue weighted by Crippen LogP contribution is 2.26. The molecule has 0 amide bonds. The van der Waals surface area contributed by atoms with Crippen molar-refractivity contribution < 1.29 is 9.90 Å². The summed E-state index contributed by atoms with van der Waals surface area (Å²) in [5, 5.41) is 8.73. The van der Waals surface area contributed by atoms with Crippen LogP contribution in [0, 0.1) is 0 Å². The van der Waals surface area contributed by atoms with Crippen LogP contribution in [0.1, 0.15) is 12.8 Å². The van der Waals surface area contributed by atoms with E-state index in [0.717, 1.165) is 6.42 Å². The lowest BCUT2D eigenvalue weighted by molar-refractivity contribution is -0.131. The number of aliphatic carboxylic acids is 1. The summed E-state index contributed by atoms with van der Waals surface area (Å²) in [5.41, 5.74) is 0. The first-order valence-electron chi connectivity index (χ1n) is 3.32. The zero-order valence-electron chi connectivity index (χ0n) is 5.62. The van der Waals surface area contributed by atoms with E-state index in [0.29, 0.717) is 5.25 Å². The number of hydrogen-bond donors (Lipinski definition) is 1. The molecule has 10 heavy (non-hydrogen) atoms. The minimum atomic E-state index is -0.840. The molecule has 1 saturated heterocycles. The number of rotatable bonds is 2. The maximum Gasteiger partial charge on any atom is 0.328 e. The predicted octanol–water partition coefficient (Wildman–Crippen LogP) is 1.52. The van der Waals surface area contributed by atoms with Crippen molar-refractivity contribution in [3.05, 3.63) is 12.2 Å². The molecule has 0 saturated carbocycles. The summed E-state index contributed by atoms with van der Waals surface area (Å²) in [5.74, 6) is 0.335. The van der Waals surface area contributed by atoms with Crippen molar-refractivity contribution in [2.75, 3.05) is 5.75 Å². The van der Waals surface area contributed by atoms with E-state index >= 15 is 0 Å². The first-order valence-corrected chi connectivity index (χ1v) is 4.36. The van der Waals surface area contributed by atoms with Crippen LogP contribution in [0.2, 0.25) is 0 Å². The third-order valence-electron chi connectivity index (χ3n) is 1.42. The third kappa shape index (κ3) is 2.43. The average molecular weight is 158 g/mol. The molecule has 0 aliphatic carbocycles. The van der Waals surface area contributed by atoms with Gasteiger partial charge in [-0.25, -0.2) is 4.79 Å². The molecule has 3 heteroatoms. The monoisotopic (exact) mass is 158 g/mol. The van der Waals surface area contributed by atoms with Gasteiger partial charge in [0.15, 0.2) is 0 Å². The van der Waals surface area contributed by atoms with Crippen LogP contribution in [0.15, 0.2) is 12.2 Å². The topological polar surface area (TPSA) is 37.3 Å². The smallest absolute Gasteiger partial charge is 0.328 e. The van der Waals surface area contributed by atoms with Gasteiger partial charge < -0.3 is 5.11 Å². The van der Waals surface area contributed by atoms with Crippen molar-refractivity contribution in [2.24, 2.45) is 0 Å². The Morgan fingerprint density at radius 1 is 1.70 bits per heavy atom. The summed E-state index contributed by atoms with van der Waals surface area (Å²) < 4.78 is 0. The van der Waals surface area contributed by atoms with Crippen molar-refractivity contribution in [1.82, 2.24) is 0 Å². The molecule has 0 spiro atoms. The number of hydrogen-bond acceptors (Lipinski definition) is 2. The highest BCUT2D eigenvalue weighted by atomic mass is 32.2. The van der Waals surface area contributed by atoms with Gasteiger partial charge in [-0.05, 0) is 18.6 Å². The fraction of sp³-hybridized carbons (Fsp3) is 0.571. The lowest BCUT2D eigenvalue weighted by Gasteiger charge is -1.96. The second kappa shape index (κ2) is 3.66. The number of carbonyl (C=O) groups is 1. The van der Waals surface area contributed by atoms with Gasteiger partial charge in [0.1, 0.15) is 0 Å². The quantitative estimate of drug-likeness (QED) is 0.619. The molecule has 0 aromatic heterocycles. The maximum atomic E-state index is 10.1. The number of thioether (sulfide) groups is 1. The minimum absolute atomic E-state index is 0.455. The fourth-order valence-corrected chi connectivity index (χ4v) is 2.10. The Labute approximate surface area is 64.3 Å². The lowest BCUT2D eigenvalue weighted by Crippen LogP contribution is -1.93. The van der Waals surface area contributed by atoms with Gasteiger partial charge in [0.05, 0.1) is 0 Å². The summed E-state index contributed by atoms with van der Waals surface area (Å²) in [6.07, 6.45) is 5.37. The summed E-state index contributed by atoms with van der Waals surface area (Å²) >= 11 is 1.83. The van der Waals surface area contributed by atoms with E-state index in [1.54, 1.807) is 6.08 Å². The second-order valence-corrected chi connectivity index (χ2v) is 3.60. The van der Waals surface area contributed by atoms with E-state index in [4.69, 9.17) is 5.11 Å². The first kappa shape index (κ1) is 7.66. The summed E-state index contributed by atoms with van der Waals surface area (Å²) in [6, 6.07) is 0. The molecule has 1 aliphatic rings. The lowest BCUT2D eigenvalue weighted by atomic mass is 10.2. The Kier molecular flexibility index (Phi) is 2.81. The standard InChI is InChI=1S/C7H10O2S/c8-7(9)4-3-6-2-1-5-10-6/h3-4,6H,1-2,5H2,(H,8,9)/b4-3-. The van der Waals surface area contributed by atoms with E-state index in [2.05, 4.69) is 0 Å². The molecular formula is C7H10O2S. The molecule has 1 aliphatic heterocycles. The maximum absolute atomic E-state index is 10.1. The van der Waals surface area contributed by atoms with Crippen LogP contribution in [0.5, 0.6) is 0 Å². The summed E-state index contributed by atoms with van der Waals surface area (Å²) in [7, 11) is 0. The van der Waals surface area contributed by atoms with Crippen molar-refractivity contribution in [1.29, 1.82) is 0 Å². The Morgan fingerprint density at radius 3 is 3.00 bits per heavy atom. The minimum Gasteiger partial charge on any atom is -0.478 e. The van der Waals surface area contributed by atoms with Gasteiger partial charge in [-0.3, -0.25) is 0 Å².